The largest absolute Gasteiger partial charge is 0.348 e. The minimum absolute atomic E-state index is 0.0428. The zero-order valence-corrected chi connectivity index (χ0v) is 10.0. The van der Waals surface area contributed by atoms with Crippen LogP contribution in [0.3, 0.4) is 0 Å². The van der Waals surface area contributed by atoms with Crippen molar-refractivity contribution in [2.45, 2.75) is 26.3 Å². The fraction of sp³-hybridized carbons (Fsp3) is 0.333. The minimum Gasteiger partial charge on any atom is -0.348 e. The van der Waals surface area contributed by atoms with Crippen LogP contribution in [0.2, 0.25) is 0 Å². The molecule has 0 aromatic carbocycles. The Balaban J connectivity index is 2.08. The van der Waals surface area contributed by atoms with Gasteiger partial charge in [-0.25, -0.2) is 4.98 Å². The lowest BCUT2D eigenvalue weighted by molar-refractivity contribution is 0.763. The van der Waals surface area contributed by atoms with E-state index in [-0.39, 0.29) is 5.43 Å². The highest BCUT2D eigenvalue weighted by Gasteiger charge is 2.01. The maximum atomic E-state index is 10.9. The standard InChI is InChI=1S/C12H14N2OS/c1-2-3-12-13-10(9-16-12)8-14-6-4-11(15)5-7-14/h4-7,9H,2-3,8H2,1H3. The summed E-state index contributed by atoms with van der Waals surface area (Å²) < 4.78 is 1.96. The summed E-state index contributed by atoms with van der Waals surface area (Å²) in [6, 6.07) is 3.14. The summed E-state index contributed by atoms with van der Waals surface area (Å²) in [6.07, 6.45) is 5.77. The molecular weight excluding hydrogens is 220 g/mol. The molecule has 0 fully saturated rings. The predicted octanol–water partition coefficient (Wildman–Crippen LogP) is 2.31. The molecule has 0 bridgehead atoms. The van der Waals surface area contributed by atoms with Crippen molar-refractivity contribution in [2.75, 3.05) is 0 Å². The molecule has 16 heavy (non-hydrogen) atoms. The van der Waals surface area contributed by atoms with E-state index in [1.807, 2.05) is 4.57 Å². The third kappa shape index (κ3) is 2.79. The van der Waals surface area contributed by atoms with E-state index in [0.717, 1.165) is 25.1 Å². The number of thiazole rings is 1. The lowest BCUT2D eigenvalue weighted by atomic mass is 10.3. The van der Waals surface area contributed by atoms with Crippen molar-refractivity contribution in [2.24, 2.45) is 0 Å². The Hall–Kier alpha value is -1.42. The van der Waals surface area contributed by atoms with Crippen molar-refractivity contribution >= 4 is 11.3 Å². The summed E-state index contributed by atoms with van der Waals surface area (Å²) in [5.74, 6) is 0. The van der Waals surface area contributed by atoms with Crippen LogP contribution in [0.15, 0.2) is 34.7 Å². The molecule has 0 amide bonds. The fourth-order valence-electron chi connectivity index (χ4n) is 1.49. The van der Waals surface area contributed by atoms with E-state index in [0.29, 0.717) is 0 Å². The Morgan fingerprint density at radius 1 is 1.38 bits per heavy atom. The van der Waals surface area contributed by atoms with Crippen molar-refractivity contribution in [1.29, 1.82) is 0 Å². The number of nitrogens with zero attached hydrogens (tertiary/aromatic N) is 2. The van der Waals surface area contributed by atoms with Crippen molar-refractivity contribution in [3.8, 4) is 0 Å². The van der Waals surface area contributed by atoms with E-state index in [1.165, 1.54) is 5.01 Å². The molecule has 4 heteroatoms. The van der Waals surface area contributed by atoms with Crippen LogP contribution in [0.5, 0.6) is 0 Å². The maximum Gasteiger partial charge on any atom is 0.181 e. The summed E-state index contributed by atoms with van der Waals surface area (Å²) >= 11 is 1.71. The number of hydrogen-bond donors (Lipinski definition) is 0. The van der Waals surface area contributed by atoms with Crippen LogP contribution in [0.4, 0.5) is 0 Å². The number of aryl methyl sites for hydroxylation is 1. The van der Waals surface area contributed by atoms with E-state index < -0.39 is 0 Å². The summed E-state index contributed by atoms with van der Waals surface area (Å²) in [6.45, 7) is 2.89. The van der Waals surface area contributed by atoms with Gasteiger partial charge in [0.25, 0.3) is 0 Å². The maximum absolute atomic E-state index is 10.9. The van der Waals surface area contributed by atoms with Crippen LogP contribution in [0.25, 0.3) is 0 Å². The second-order valence-corrected chi connectivity index (χ2v) is 4.63. The Morgan fingerprint density at radius 3 is 2.81 bits per heavy atom. The predicted molar refractivity (Wildman–Crippen MR) is 65.9 cm³/mol. The molecule has 0 atom stereocenters. The monoisotopic (exact) mass is 234 g/mol. The third-order valence-electron chi connectivity index (χ3n) is 2.27. The molecule has 2 aromatic heterocycles. The van der Waals surface area contributed by atoms with Crippen molar-refractivity contribution in [1.82, 2.24) is 9.55 Å². The molecule has 84 valence electrons. The molecule has 2 rings (SSSR count). The molecule has 0 spiro atoms. The Labute approximate surface area is 98.4 Å². The number of pyridine rings is 1. The molecule has 0 aliphatic heterocycles. The molecule has 0 saturated heterocycles. The molecule has 0 aliphatic rings. The van der Waals surface area contributed by atoms with E-state index in [1.54, 1.807) is 35.9 Å². The molecular formula is C12H14N2OS. The van der Waals surface area contributed by atoms with E-state index in [4.69, 9.17) is 0 Å². The van der Waals surface area contributed by atoms with Crippen LogP contribution in [0, 0.1) is 0 Å². The average Bonchev–Trinajstić information content (AvgIpc) is 2.70. The van der Waals surface area contributed by atoms with Gasteiger partial charge >= 0.3 is 0 Å². The normalized spacial score (nSPS) is 10.6. The molecule has 2 aromatic rings. The fourth-order valence-corrected chi connectivity index (χ4v) is 2.38. The van der Waals surface area contributed by atoms with E-state index >= 15 is 0 Å². The zero-order valence-electron chi connectivity index (χ0n) is 9.22. The lowest BCUT2D eigenvalue weighted by Crippen LogP contribution is -2.04. The second kappa shape index (κ2) is 5.07. The summed E-state index contributed by atoms with van der Waals surface area (Å²) in [7, 11) is 0. The molecule has 3 nitrogen and oxygen atoms in total. The second-order valence-electron chi connectivity index (χ2n) is 3.69. The van der Waals surface area contributed by atoms with Gasteiger partial charge in [0.15, 0.2) is 5.43 Å². The van der Waals surface area contributed by atoms with Gasteiger partial charge in [-0.2, -0.15) is 0 Å². The Kier molecular flexibility index (Phi) is 3.51. The van der Waals surface area contributed by atoms with Gasteiger partial charge in [-0.3, -0.25) is 4.79 Å². The molecule has 0 N–H and O–H groups in total. The first-order valence-electron chi connectivity index (χ1n) is 5.37. The summed E-state index contributed by atoms with van der Waals surface area (Å²) in [5, 5.41) is 3.28. The van der Waals surface area contributed by atoms with Crippen LogP contribution >= 0.6 is 11.3 Å². The van der Waals surface area contributed by atoms with Gasteiger partial charge in [-0.1, -0.05) is 6.92 Å². The number of rotatable bonds is 4. The van der Waals surface area contributed by atoms with Gasteiger partial charge in [0.05, 0.1) is 17.2 Å². The first kappa shape index (κ1) is 11.1. The van der Waals surface area contributed by atoms with E-state index in [2.05, 4.69) is 17.3 Å². The van der Waals surface area contributed by atoms with Crippen LogP contribution < -0.4 is 5.43 Å². The van der Waals surface area contributed by atoms with Crippen molar-refractivity contribution in [3.05, 3.63) is 50.8 Å². The Morgan fingerprint density at radius 2 is 2.12 bits per heavy atom. The molecule has 2 heterocycles. The molecule has 0 unspecified atom stereocenters. The molecule has 0 aliphatic carbocycles. The summed E-state index contributed by atoms with van der Waals surface area (Å²) in [4.78, 5) is 15.5. The summed E-state index contributed by atoms with van der Waals surface area (Å²) in [5.41, 5.74) is 1.11. The van der Waals surface area contributed by atoms with Gasteiger partial charge in [0, 0.05) is 29.9 Å². The van der Waals surface area contributed by atoms with Crippen LogP contribution in [0.1, 0.15) is 24.0 Å². The van der Waals surface area contributed by atoms with Crippen LogP contribution in [-0.4, -0.2) is 9.55 Å². The highest BCUT2D eigenvalue weighted by Crippen LogP contribution is 2.12. The third-order valence-corrected chi connectivity index (χ3v) is 3.23. The average molecular weight is 234 g/mol. The van der Waals surface area contributed by atoms with Crippen LogP contribution in [-0.2, 0) is 13.0 Å². The first-order valence-corrected chi connectivity index (χ1v) is 6.25. The number of aromatic nitrogens is 2. The van der Waals surface area contributed by atoms with E-state index in [9.17, 15) is 4.79 Å². The molecule has 0 saturated carbocycles. The van der Waals surface area contributed by atoms with Gasteiger partial charge in [-0.15, -0.1) is 11.3 Å². The van der Waals surface area contributed by atoms with Gasteiger partial charge in [0.1, 0.15) is 0 Å². The molecule has 0 radical (unpaired) electrons. The minimum atomic E-state index is 0.0428. The van der Waals surface area contributed by atoms with Gasteiger partial charge in [-0.05, 0) is 12.8 Å². The topological polar surface area (TPSA) is 34.9 Å². The lowest BCUT2D eigenvalue weighted by Gasteiger charge is -2.01. The zero-order chi connectivity index (χ0) is 11.4. The highest BCUT2D eigenvalue weighted by molar-refractivity contribution is 7.09. The van der Waals surface area contributed by atoms with Crippen molar-refractivity contribution in [3.63, 3.8) is 0 Å². The Bertz CT molecular complexity index is 495. The first-order chi connectivity index (χ1) is 7.78. The smallest absolute Gasteiger partial charge is 0.181 e. The van der Waals surface area contributed by atoms with Gasteiger partial charge < -0.3 is 4.57 Å². The highest BCUT2D eigenvalue weighted by atomic mass is 32.1. The number of hydrogen-bond acceptors (Lipinski definition) is 3. The quantitative estimate of drug-likeness (QED) is 0.813. The van der Waals surface area contributed by atoms with Gasteiger partial charge in [0.2, 0.25) is 0 Å². The van der Waals surface area contributed by atoms with Crippen molar-refractivity contribution < 1.29 is 0 Å². The SMILES string of the molecule is CCCc1nc(Cn2ccc(=O)cc2)cs1.